The Hall–Kier alpha value is -1.39. The van der Waals surface area contributed by atoms with Crippen LogP contribution in [0.4, 0.5) is 0 Å². The molecule has 2 unspecified atom stereocenters. The maximum Gasteiger partial charge on any atom is 0.310 e. The van der Waals surface area contributed by atoms with Crippen LogP contribution in [0.1, 0.15) is 36.8 Å². The van der Waals surface area contributed by atoms with Gasteiger partial charge >= 0.3 is 5.97 Å². The molecule has 1 aliphatic heterocycles. The van der Waals surface area contributed by atoms with Gasteiger partial charge in [-0.2, -0.15) is 23.5 Å². The molecular formula is C23H28O2S2. The molecule has 0 radical (unpaired) electrons. The number of hydrogen-bond donors (Lipinski definition) is 0. The molecule has 0 N–H and O–H groups in total. The smallest absolute Gasteiger partial charge is 0.310 e. The van der Waals surface area contributed by atoms with Gasteiger partial charge in [-0.1, -0.05) is 60.7 Å². The van der Waals surface area contributed by atoms with Crippen LogP contribution in [0, 0.1) is 5.92 Å². The molecule has 0 amide bonds. The van der Waals surface area contributed by atoms with Crippen molar-refractivity contribution in [2.45, 2.75) is 43.3 Å². The van der Waals surface area contributed by atoms with E-state index in [9.17, 15) is 4.79 Å². The second kappa shape index (κ2) is 11.5. The van der Waals surface area contributed by atoms with Crippen LogP contribution in [-0.4, -0.2) is 23.6 Å². The minimum Gasteiger partial charge on any atom is -0.462 e. The molecule has 3 rings (SSSR count). The zero-order valence-electron chi connectivity index (χ0n) is 15.7. The highest BCUT2D eigenvalue weighted by Gasteiger charge is 2.33. The molecule has 2 nitrogen and oxygen atoms in total. The number of ether oxygens (including phenoxy) is 1. The Morgan fingerprint density at radius 3 is 2.15 bits per heavy atom. The predicted molar refractivity (Wildman–Crippen MR) is 117 cm³/mol. The number of hydrogen-bond acceptors (Lipinski definition) is 4. The second-order valence-electron chi connectivity index (χ2n) is 7.03. The fraction of sp³-hybridized carbons (Fsp3) is 0.435. The normalized spacial score (nSPS) is 19.2. The van der Waals surface area contributed by atoms with Gasteiger partial charge in [0.15, 0.2) is 0 Å². The molecular weight excluding hydrogens is 372 g/mol. The lowest BCUT2D eigenvalue weighted by molar-refractivity contribution is -0.144. The van der Waals surface area contributed by atoms with E-state index < -0.39 is 0 Å². The average molecular weight is 401 g/mol. The zero-order chi connectivity index (χ0) is 18.7. The van der Waals surface area contributed by atoms with Gasteiger partial charge in [0.05, 0.1) is 5.92 Å². The first-order valence-corrected chi connectivity index (χ1v) is 12.1. The molecule has 0 aromatic heterocycles. The van der Waals surface area contributed by atoms with E-state index in [4.69, 9.17) is 4.74 Å². The summed E-state index contributed by atoms with van der Waals surface area (Å²) in [6.45, 7) is 0. The summed E-state index contributed by atoms with van der Waals surface area (Å²) in [7, 11) is 0. The first-order valence-electron chi connectivity index (χ1n) is 9.75. The summed E-state index contributed by atoms with van der Waals surface area (Å²) in [6, 6.07) is 21.1. The minimum absolute atomic E-state index is 0.0130. The summed E-state index contributed by atoms with van der Waals surface area (Å²) in [5, 5.41) is 0. The van der Waals surface area contributed by atoms with Crippen molar-refractivity contribution in [3.05, 3.63) is 71.8 Å². The monoisotopic (exact) mass is 400 g/mol. The van der Waals surface area contributed by atoms with Gasteiger partial charge in [0.1, 0.15) is 6.10 Å². The molecule has 2 aromatic rings. The minimum atomic E-state index is 0.0130. The van der Waals surface area contributed by atoms with Crippen molar-refractivity contribution in [3.63, 3.8) is 0 Å². The third-order valence-corrected chi connectivity index (χ3v) is 7.06. The van der Waals surface area contributed by atoms with Crippen LogP contribution >= 0.6 is 23.5 Å². The summed E-state index contributed by atoms with van der Waals surface area (Å²) >= 11 is 3.83. The van der Waals surface area contributed by atoms with E-state index in [1.807, 2.05) is 29.6 Å². The Labute approximate surface area is 171 Å². The van der Waals surface area contributed by atoms with Gasteiger partial charge in [0, 0.05) is 17.3 Å². The van der Waals surface area contributed by atoms with Crippen LogP contribution in [0.15, 0.2) is 60.7 Å². The molecule has 0 spiro atoms. The molecule has 27 heavy (non-hydrogen) atoms. The maximum absolute atomic E-state index is 12.1. The van der Waals surface area contributed by atoms with Gasteiger partial charge in [-0.3, -0.25) is 4.79 Å². The average Bonchev–Trinajstić information content (AvgIpc) is 3.06. The van der Waals surface area contributed by atoms with Crippen LogP contribution in [0.25, 0.3) is 0 Å². The van der Waals surface area contributed by atoms with Crippen molar-refractivity contribution < 1.29 is 9.53 Å². The molecule has 144 valence electrons. The van der Waals surface area contributed by atoms with Crippen molar-refractivity contribution in [2.24, 2.45) is 5.92 Å². The number of carbonyl (C=O) groups excluding carboxylic acids is 1. The SMILES string of the molecule is O=C1OC(CCCCSCc2ccccc2)CC1CSCc1ccccc1. The number of rotatable bonds is 11. The molecule has 4 heteroatoms. The maximum atomic E-state index is 12.1. The Kier molecular flexibility index (Phi) is 8.63. The van der Waals surface area contributed by atoms with Gasteiger partial charge in [0.2, 0.25) is 0 Å². The highest BCUT2D eigenvalue weighted by Crippen LogP contribution is 2.29. The third-order valence-electron chi connectivity index (χ3n) is 4.77. The lowest BCUT2D eigenvalue weighted by atomic mass is 10.0. The Balaban J connectivity index is 1.24. The Morgan fingerprint density at radius 1 is 0.852 bits per heavy atom. The summed E-state index contributed by atoms with van der Waals surface area (Å²) in [5.74, 6) is 4.19. The second-order valence-corrected chi connectivity index (χ2v) is 9.16. The van der Waals surface area contributed by atoms with E-state index in [2.05, 4.69) is 54.6 Å². The molecule has 1 fully saturated rings. The number of carbonyl (C=O) groups is 1. The van der Waals surface area contributed by atoms with Crippen LogP contribution in [0.5, 0.6) is 0 Å². The van der Waals surface area contributed by atoms with Crippen molar-refractivity contribution in [1.29, 1.82) is 0 Å². The number of thioether (sulfide) groups is 2. The highest BCUT2D eigenvalue weighted by atomic mass is 32.2. The van der Waals surface area contributed by atoms with Crippen molar-refractivity contribution in [3.8, 4) is 0 Å². The molecule has 1 heterocycles. The fourth-order valence-electron chi connectivity index (χ4n) is 3.27. The highest BCUT2D eigenvalue weighted by molar-refractivity contribution is 7.98. The van der Waals surface area contributed by atoms with Gasteiger partial charge in [0.25, 0.3) is 0 Å². The quantitative estimate of drug-likeness (QED) is 0.344. The Morgan fingerprint density at radius 2 is 1.48 bits per heavy atom. The van der Waals surface area contributed by atoms with Crippen LogP contribution in [0.2, 0.25) is 0 Å². The van der Waals surface area contributed by atoms with E-state index >= 15 is 0 Å². The Bertz CT molecular complexity index is 675. The molecule has 1 aliphatic rings. The van der Waals surface area contributed by atoms with Crippen LogP contribution < -0.4 is 0 Å². The lowest BCUT2D eigenvalue weighted by Gasteiger charge is -2.08. The number of benzene rings is 2. The van der Waals surface area contributed by atoms with Gasteiger partial charge in [-0.05, 0) is 42.6 Å². The summed E-state index contributed by atoms with van der Waals surface area (Å²) < 4.78 is 5.59. The standard InChI is InChI=1S/C23H28O2S2/c24-23-21(18-27-17-20-11-5-2-6-12-20)15-22(25-23)13-7-8-14-26-16-19-9-3-1-4-10-19/h1-6,9-12,21-22H,7-8,13-18H2. The van der Waals surface area contributed by atoms with Gasteiger partial charge in [-0.15, -0.1) is 0 Å². The largest absolute Gasteiger partial charge is 0.462 e. The van der Waals surface area contributed by atoms with Crippen LogP contribution in [-0.2, 0) is 21.0 Å². The fourth-order valence-corrected chi connectivity index (χ4v) is 5.35. The number of esters is 1. The molecule has 1 saturated heterocycles. The lowest BCUT2D eigenvalue weighted by Crippen LogP contribution is -2.10. The molecule has 0 bridgehead atoms. The first-order chi connectivity index (χ1) is 13.3. The van der Waals surface area contributed by atoms with Crippen molar-refractivity contribution in [1.82, 2.24) is 0 Å². The summed E-state index contributed by atoms with van der Waals surface area (Å²) in [4.78, 5) is 12.1. The summed E-state index contributed by atoms with van der Waals surface area (Å²) in [5.41, 5.74) is 2.71. The molecule has 0 saturated carbocycles. The number of unbranched alkanes of at least 4 members (excludes halogenated alkanes) is 1. The molecule has 2 atom stereocenters. The van der Waals surface area contributed by atoms with E-state index in [0.717, 1.165) is 36.5 Å². The van der Waals surface area contributed by atoms with Gasteiger partial charge in [-0.25, -0.2) is 0 Å². The summed E-state index contributed by atoms with van der Waals surface area (Å²) in [6.07, 6.45) is 4.39. The number of cyclic esters (lactones) is 1. The van der Waals surface area contributed by atoms with E-state index in [1.54, 1.807) is 0 Å². The zero-order valence-corrected chi connectivity index (χ0v) is 17.4. The van der Waals surface area contributed by atoms with E-state index in [0.29, 0.717) is 0 Å². The van der Waals surface area contributed by atoms with Crippen molar-refractivity contribution >= 4 is 29.5 Å². The first kappa shape index (κ1) is 20.3. The topological polar surface area (TPSA) is 26.3 Å². The molecule has 0 aliphatic carbocycles. The third kappa shape index (κ3) is 7.27. The van der Waals surface area contributed by atoms with E-state index in [-0.39, 0.29) is 18.0 Å². The van der Waals surface area contributed by atoms with Crippen LogP contribution in [0.3, 0.4) is 0 Å². The van der Waals surface area contributed by atoms with E-state index in [1.165, 1.54) is 23.3 Å². The van der Waals surface area contributed by atoms with Crippen molar-refractivity contribution in [2.75, 3.05) is 11.5 Å². The predicted octanol–water partition coefficient (Wildman–Crippen LogP) is 5.96. The molecule has 2 aromatic carbocycles. The van der Waals surface area contributed by atoms with Gasteiger partial charge < -0.3 is 4.74 Å².